The molecule has 0 amide bonds. The van der Waals surface area contributed by atoms with Crippen molar-refractivity contribution in [3.8, 4) is 0 Å². The van der Waals surface area contributed by atoms with Crippen molar-refractivity contribution < 1.29 is 14.6 Å². The van der Waals surface area contributed by atoms with E-state index in [0.29, 0.717) is 24.5 Å². The SMILES string of the molecule is COCCCc1nc(C)c(CC(=O)O)c(=O)[nH]1. The Hall–Kier alpha value is -1.69. The maximum atomic E-state index is 11.6. The molecule has 0 fully saturated rings. The molecule has 17 heavy (non-hydrogen) atoms. The molecule has 0 atom stereocenters. The molecule has 0 aromatic carbocycles. The minimum Gasteiger partial charge on any atom is -0.481 e. The molecule has 1 heterocycles. The normalized spacial score (nSPS) is 10.5. The van der Waals surface area contributed by atoms with Crippen LogP contribution in [-0.4, -0.2) is 34.8 Å². The maximum absolute atomic E-state index is 11.6. The van der Waals surface area contributed by atoms with Gasteiger partial charge in [0, 0.05) is 31.4 Å². The smallest absolute Gasteiger partial charge is 0.308 e. The summed E-state index contributed by atoms with van der Waals surface area (Å²) in [5.74, 6) is -0.466. The van der Waals surface area contributed by atoms with Crippen molar-refractivity contribution in [2.45, 2.75) is 26.2 Å². The van der Waals surface area contributed by atoms with Gasteiger partial charge in [-0.05, 0) is 13.3 Å². The highest BCUT2D eigenvalue weighted by Crippen LogP contribution is 2.02. The largest absolute Gasteiger partial charge is 0.481 e. The molecular formula is C11H16N2O4. The molecule has 0 spiro atoms. The average Bonchev–Trinajstić information content (AvgIpc) is 2.24. The summed E-state index contributed by atoms with van der Waals surface area (Å²) >= 11 is 0. The summed E-state index contributed by atoms with van der Waals surface area (Å²) in [5, 5.41) is 8.66. The number of carboxylic acid groups (broad SMARTS) is 1. The van der Waals surface area contributed by atoms with Crippen molar-refractivity contribution in [1.82, 2.24) is 9.97 Å². The molecule has 1 aromatic heterocycles. The number of aryl methyl sites for hydroxylation is 2. The monoisotopic (exact) mass is 240 g/mol. The molecule has 0 saturated heterocycles. The van der Waals surface area contributed by atoms with Gasteiger partial charge in [0.25, 0.3) is 5.56 Å². The fourth-order valence-electron chi connectivity index (χ4n) is 1.53. The van der Waals surface area contributed by atoms with Gasteiger partial charge in [-0.2, -0.15) is 0 Å². The van der Waals surface area contributed by atoms with Crippen LogP contribution in [0.25, 0.3) is 0 Å². The third-order valence-electron chi connectivity index (χ3n) is 2.36. The van der Waals surface area contributed by atoms with E-state index < -0.39 is 5.97 Å². The predicted octanol–water partition coefficient (Wildman–Crippen LogP) is 0.284. The Morgan fingerprint density at radius 3 is 2.76 bits per heavy atom. The van der Waals surface area contributed by atoms with Crippen molar-refractivity contribution in [2.75, 3.05) is 13.7 Å². The second-order valence-electron chi connectivity index (χ2n) is 3.74. The van der Waals surface area contributed by atoms with Crippen LogP contribution in [0.1, 0.15) is 23.5 Å². The summed E-state index contributed by atoms with van der Waals surface area (Å²) in [6.45, 7) is 2.24. The summed E-state index contributed by atoms with van der Waals surface area (Å²) in [6, 6.07) is 0. The topological polar surface area (TPSA) is 92.3 Å². The van der Waals surface area contributed by atoms with E-state index in [9.17, 15) is 9.59 Å². The Morgan fingerprint density at radius 2 is 2.24 bits per heavy atom. The molecule has 6 nitrogen and oxygen atoms in total. The summed E-state index contributed by atoms with van der Waals surface area (Å²) in [5.41, 5.74) is 0.323. The lowest BCUT2D eigenvalue weighted by molar-refractivity contribution is -0.136. The van der Waals surface area contributed by atoms with Crippen molar-refractivity contribution >= 4 is 5.97 Å². The van der Waals surface area contributed by atoms with Crippen LogP contribution in [-0.2, 0) is 22.4 Å². The minimum absolute atomic E-state index is 0.216. The number of ether oxygens (including phenoxy) is 1. The number of hydrogen-bond donors (Lipinski definition) is 2. The molecule has 0 bridgehead atoms. The quantitative estimate of drug-likeness (QED) is 0.697. The Kier molecular flexibility index (Phi) is 4.84. The summed E-state index contributed by atoms with van der Waals surface area (Å²) in [7, 11) is 1.61. The van der Waals surface area contributed by atoms with Crippen LogP contribution in [0, 0.1) is 6.92 Å². The molecule has 1 rings (SSSR count). The summed E-state index contributed by atoms with van der Waals surface area (Å²) in [4.78, 5) is 29.0. The lowest BCUT2D eigenvalue weighted by Crippen LogP contribution is -2.21. The summed E-state index contributed by atoms with van der Waals surface area (Å²) < 4.78 is 4.90. The first kappa shape index (κ1) is 13.4. The van der Waals surface area contributed by atoms with Crippen LogP contribution in [0.15, 0.2) is 4.79 Å². The highest BCUT2D eigenvalue weighted by Gasteiger charge is 2.11. The van der Waals surface area contributed by atoms with Gasteiger partial charge < -0.3 is 14.8 Å². The standard InChI is InChI=1S/C11H16N2O4/c1-7-8(6-10(14)15)11(16)13-9(12-7)4-3-5-17-2/h3-6H2,1-2H3,(H,14,15)(H,12,13,16). The van der Waals surface area contributed by atoms with E-state index >= 15 is 0 Å². The fourth-order valence-corrected chi connectivity index (χ4v) is 1.53. The van der Waals surface area contributed by atoms with E-state index in [1.165, 1.54) is 0 Å². The number of carboxylic acids is 1. The number of aromatic amines is 1. The number of nitrogens with zero attached hydrogens (tertiary/aromatic N) is 1. The number of aliphatic carboxylic acids is 1. The number of nitrogens with one attached hydrogen (secondary N) is 1. The zero-order valence-electron chi connectivity index (χ0n) is 9.95. The van der Waals surface area contributed by atoms with E-state index in [4.69, 9.17) is 9.84 Å². The molecule has 1 aromatic rings. The molecular weight excluding hydrogens is 224 g/mol. The lowest BCUT2D eigenvalue weighted by atomic mass is 10.1. The van der Waals surface area contributed by atoms with E-state index in [1.807, 2.05) is 0 Å². The third kappa shape index (κ3) is 3.99. The Labute approximate surface area is 98.7 Å². The molecule has 0 radical (unpaired) electrons. The molecule has 0 aliphatic rings. The number of methoxy groups -OCH3 is 1. The number of hydrogen-bond acceptors (Lipinski definition) is 4. The van der Waals surface area contributed by atoms with Crippen LogP contribution in [0.4, 0.5) is 0 Å². The number of carbonyl (C=O) groups is 1. The van der Waals surface area contributed by atoms with Crippen molar-refractivity contribution in [2.24, 2.45) is 0 Å². The van der Waals surface area contributed by atoms with Crippen LogP contribution in [0.2, 0.25) is 0 Å². The van der Waals surface area contributed by atoms with Crippen molar-refractivity contribution in [3.63, 3.8) is 0 Å². The van der Waals surface area contributed by atoms with Gasteiger partial charge in [-0.25, -0.2) is 4.98 Å². The second-order valence-corrected chi connectivity index (χ2v) is 3.74. The fraction of sp³-hybridized carbons (Fsp3) is 0.545. The van der Waals surface area contributed by atoms with E-state index in [-0.39, 0.29) is 17.5 Å². The third-order valence-corrected chi connectivity index (χ3v) is 2.36. The Bertz CT molecular complexity index is 453. The molecule has 0 aliphatic carbocycles. The van der Waals surface area contributed by atoms with Crippen LogP contribution >= 0.6 is 0 Å². The Balaban J connectivity index is 2.85. The van der Waals surface area contributed by atoms with Gasteiger partial charge in [-0.15, -0.1) is 0 Å². The number of H-pyrrole nitrogens is 1. The highest BCUT2D eigenvalue weighted by atomic mass is 16.5. The van der Waals surface area contributed by atoms with Gasteiger partial charge in [0.05, 0.1) is 6.42 Å². The second kappa shape index (κ2) is 6.15. The Morgan fingerprint density at radius 1 is 1.53 bits per heavy atom. The molecule has 0 aliphatic heterocycles. The molecule has 6 heteroatoms. The lowest BCUT2D eigenvalue weighted by Gasteiger charge is -2.05. The first-order valence-corrected chi connectivity index (χ1v) is 5.34. The summed E-state index contributed by atoms with van der Waals surface area (Å²) in [6.07, 6.45) is 1.07. The molecule has 2 N–H and O–H groups in total. The highest BCUT2D eigenvalue weighted by molar-refractivity contribution is 5.70. The zero-order valence-corrected chi connectivity index (χ0v) is 9.95. The predicted molar refractivity (Wildman–Crippen MR) is 61.1 cm³/mol. The van der Waals surface area contributed by atoms with Crippen LogP contribution in [0.5, 0.6) is 0 Å². The van der Waals surface area contributed by atoms with Crippen LogP contribution < -0.4 is 5.56 Å². The maximum Gasteiger partial charge on any atom is 0.308 e. The minimum atomic E-state index is -1.03. The van der Waals surface area contributed by atoms with E-state index in [0.717, 1.165) is 6.42 Å². The van der Waals surface area contributed by atoms with Gasteiger partial charge in [0.15, 0.2) is 0 Å². The number of rotatable bonds is 6. The first-order chi connectivity index (χ1) is 8.04. The van der Waals surface area contributed by atoms with Gasteiger partial charge in [-0.3, -0.25) is 9.59 Å². The van der Waals surface area contributed by atoms with Crippen molar-refractivity contribution in [3.05, 3.63) is 27.4 Å². The zero-order chi connectivity index (χ0) is 12.8. The van der Waals surface area contributed by atoms with Gasteiger partial charge in [0.2, 0.25) is 0 Å². The average molecular weight is 240 g/mol. The van der Waals surface area contributed by atoms with E-state index in [1.54, 1.807) is 14.0 Å². The van der Waals surface area contributed by atoms with Crippen molar-refractivity contribution in [1.29, 1.82) is 0 Å². The molecule has 94 valence electrons. The number of aromatic nitrogens is 2. The van der Waals surface area contributed by atoms with Crippen LogP contribution in [0.3, 0.4) is 0 Å². The van der Waals surface area contributed by atoms with E-state index in [2.05, 4.69) is 9.97 Å². The van der Waals surface area contributed by atoms with Gasteiger partial charge in [-0.1, -0.05) is 0 Å². The van der Waals surface area contributed by atoms with Gasteiger partial charge >= 0.3 is 5.97 Å². The molecule has 0 saturated carbocycles. The molecule has 0 unspecified atom stereocenters. The van der Waals surface area contributed by atoms with Gasteiger partial charge in [0.1, 0.15) is 5.82 Å². The first-order valence-electron chi connectivity index (χ1n) is 5.34.